The lowest BCUT2D eigenvalue weighted by Gasteiger charge is -2.28. The summed E-state index contributed by atoms with van der Waals surface area (Å²) in [5, 5.41) is 15.7. The monoisotopic (exact) mass is 296 g/mol. The predicted octanol–water partition coefficient (Wildman–Crippen LogP) is 0.830. The van der Waals surface area contributed by atoms with Crippen molar-refractivity contribution in [3.8, 4) is 0 Å². The van der Waals surface area contributed by atoms with E-state index in [0.717, 1.165) is 12.8 Å². The van der Waals surface area contributed by atoms with Crippen LogP contribution >= 0.6 is 0 Å². The summed E-state index contributed by atoms with van der Waals surface area (Å²) >= 11 is 0. The van der Waals surface area contributed by atoms with Gasteiger partial charge < -0.3 is 19.7 Å². The van der Waals surface area contributed by atoms with Crippen LogP contribution < -0.4 is 5.32 Å². The van der Waals surface area contributed by atoms with E-state index in [4.69, 9.17) is 9.26 Å². The maximum atomic E-state index is 12.1. The van der Waals surface area contributed by atoms with Crippen molar-refractivity contribution in [3.05, 3.63) is 17.0 Å². The number of carbonyl (C=O) groups is 2. The normalized spacial score (nSPS) is 20.0. The molecule has 116 valence electrons. The standard InChI is InChI=1S/C14H20N2O5/c1-8-11(9(2)21-16-8)6-12(17)15-13(14(18)19)10-4-3-5-20-7-10/h10,13H,3-7H2,1-2H3,(H,15,17)(H,18,19). The summed E-state index contributed by atoms with van der Waals surface area (Å²) in [7, 11) is 0. The summed E-state index contributed by atoms with van der Waals surface area (Å²) in [6, 6.07) is -0.918. The first-order valence-corrected chi connectivity index (χ1v) is 7.00. The molecule has 0 bridgehead atoms. The molecule has 1 aliphatic rings. The van der Waals surface area contributed by atoms with Gasteiger partial charge in [0.1, 0.15) is 11.8 Å². The number of ether oxygens (including phenoxy) is 1. The molecular formula is C14H20N2O5. The Balaban J connectivity index is 1.99. The first kappa shape index (κ1) is 15.5. The van der Waals surface area contributed by atoms with Crippen molar-refractivity contribution < 1.29 is 24.0 Å². The molecule has 1 aliphatic heterocycles. The molecular weight excluding hydrogens is 276 g/mol. The van der Waals surface area contributed by atoms with E-state index in [-0.39, 0.29) is 18.2 Å². The van der Waals surface area contributed by atoms with E-state index in [1.54, 1.807) is 13.8 Å². The second-order valence-corrected chi connectivity index (χ2v) is 5.34. The van der Waals surface area contributed by atoms with Crippen LogP contribution in [0.1, 0.15) is 29.9 Å². The molecule has 7 heteroatoms. The lowest BCUT2D eigenvalue weighted by atomic mass is 9.93. The number of carboxylic acid groups (broad SMARTS) is 1. The average Bonchev–Trinajstić information content (AvgIpc) is 2.77. The Kier molecular flexibility index (Phi) is 4.95. The Morgan fingerprint density at radius 2 is 2.24 bits per heavy atom. The molecule has 2 rings (SSSR count). The van der Waals surface area contributed by atoms with E-state index in [1.165, 1.54) is 0 Å². The molecule has 1 aromatic rings. The minimum absolute atomic E-state index is 0.0680. The predicted molar refractivity (Wildman–Crippen MR) is 72.8 cm³/mol. The van der Waals surface area contributed by atoms with Crippen LogP contribution in [0.15, 0.2) is 4.52 Å². The summed E-state index contributed by atoms with van der Waals surface area (Å²) < 4.78 is 10.3. The zero-order chi connectivity index (χ0) is 15.4. The number of aryl methyl sites for hydroxylation is 2. The summed E-state index contributed by atoms with van der Waals surface area (Å²) in [6.07, 6.45) is 1.62. The fraction of sp³-hybridized carbons (Fsp3) is 0.643. The molecule has 0 aliphatic carbocycles. The summed E-state index contributed by atoms with van der Waals surface area (Å²) in [6.45, 7) is 4.49. The van der Waals surface area contributed by atoms with Crippen LogP contribution in [0.25, 0.3) is 0 Å². The number of nitrogens with zero attached hydrogens (tertiary/aromatic N) is 1. The van der Waals surface area contributed by atoms with Crippen LogP contribution in [-0.4, -0.2) is 41.4 Å². The number of carboxylic acids is 1. The van der Waals surface area contributed by atoms with Crippen molar-refractivity contribution in [2.75, 3.05) is 13.2 Å². The van der Waals surface area contributed by atoms with Crippen molar-refractivity contribution in [3.63, 3.8) is 0 Å². The van der Waals surface area contributed by atoms with Crippen LogP contribution in [-0.2, 0) is 20.7 Å². The zero-order valence-electron chi connectivity index (χ0n) is 12.2. The summed E-state index contributed by atoms with van der Waals surface area (Å²) in [5.41, 5.74) is 1.35. The maximum absolute atomic E-state index is 12.1. The van der Waals surface area contributed by atoms with E-state index in [1.807, 2.05) is 0 Å². The van der Waals surface area contributed by atoms with Crippen molar-refractivity contribution >= 4 is 11.9 Å². The quantitative estimate of drug-likeness (QED) is 0.834. The minimum Gasteiger partial charge on any atom is -0.480 e. The van der Waals surface area contributed by atoms with Gasteiger partial charge in [-0.1, -0.05) is 5.16 Å². The number of hydrogen-bond donors (Lipinski definition) is 2. The summed E-state index contributed by atoms with van der Waals surface area (Å²) in [4.78, 5) is 23.5. The van der Waals surface area contributed by atoms with Gasteiger partial charge in [-0.25, -0.2) is 4.79 Å². The van der Waals surface area contributed by atoms with Crippen LogP contribution in [0.5, 0.6) is 0 Å². The van der Waals surface area contributed by atoms with Gasteiger partial charge in [-0.3, -0.25) is 4.79 Å². The fourth-order valence-electron chi connectivity index (χ4n) is 2.55. The highest BCUT2D eigenvalue weighted by Crippen LogP contribution is 2.18. The average molecular weight is 296 g/mol. The molecule has 1 fully saturated rings. The van der Waals surface area contributed by atoms with Gasteiger partial charge in [-0.2, -0.15) is 0 Å². The number of amides is 1. The van der Waals surface area contributed by atoms with E-state index in [9.17, 15) is 14.7 Å². The molecule has 2 heterocycles. The van der Waals surface area contributed by atoms with Gasteiger partial charge in [0.2, 0.25) is 5.91 Å². The third kappa shape index (κ3) is 3.81. The Hall–Kier alpha value is -1.89. The third-order valence-electron chi connectivity index (χ3n) is 3.77. The zero-order valence-corrected chi connectivity index (χ0v) is 12.2. The number of aromatic nitrogens is 1. The first-order chi connectivity index (χ1) is 9.99. The second-order valence-electron chi connectivity index (χ2n) is 5.34. The molecule has 0 saturated carbocycles. The Bertz CT molecular complexity index is 500. The smallest absolute Gasteiger partial charge is 0.326 e. The van der Waals surface area contributed by atoms with Crippen molar-refractivity contribution in [1.29, 1.82) is 0 Å². The second kappa shape index (κ2) is 6.71. The van der Waals surface area contributed by atoms with Gasteiger partial charge in [0.25, 0.3) is 0 Å². The van der Waals surface area contributed by atoms with Crippen LogP contribution in [0, 0.1) is 19.8 Å². The Morgan fingerprint density at radius 1 is 1.48 bits per heavy atom. The molecule has 2 unspecified atom stereocenters. The van der Waals surface area contributed by atoms with Crippen molar-refractivity contribution in [2.45, 2.75) is 39.2 Å². The van der Waals surface area contributed by atoms with E-state index < -0.39 is 12.0 Å². The number of carbonyl (C=O) groups excluding carboxylic acids is 1. The molecule has 1 amide bonds. The van der Waals surface area contributed by atoms with Crippen molar-refractivity contribution in [2.24, 2.45) is 5.92 Å². The lowest BCUT2D eigenvalue weighted by Crippen LogP contribution is -2.48. The third-order valence-corrected chi connectivity index (χ3v) is 3.77. The highest BCUT2D eigenvalue weighted by molar-refractivity contribution is 5.85. The Labute approximate surface area is 122 Å². The minimum atomic E-state index is -1.03. The first-order valence-electron chi connectivity index (χ1n) is 7.00. The van der Waals surface area contributed by atoms with E-state index in [0.29, 0.717) is 30.2 Å². The number of nitrogens with one attached hydrogen (secondary N) is 1. The van der Waals surface area contributed by atoms with Crippen LogP contribution in [0.2, 0.25) is 0 Å². The van der Waals surface area contributed by atoms with E-state index in [2.05, 4.69) is 10.5 Å². The molecule has 2 N–H and O–H groups in total. The van der Waals surface area contributed by atoms with Gasteiger partial charge >= 0.3 is 5.97 Å². The molecule has 7 nitrogen and oxygen atoms in total. The topological polar surface area (TPSA) is 102 Å². The molecule has 0 spiro atoms. The van der Waals surface area contributed by atoms with E-state index >= 15 is 0 Å². The molecule has 1 saturated heterocycles. The summed E-state index contributed by atoms with van der Waals surface area (Å²) in [5.74, 6) is -0.986. The Morgan fingerprint density at radius 3 is 2.76 bits per heavy atom. The molecule has 2 atom stereocenters. The maximum Gasteiger partial charge on any atom is 0.326 e. The molecule has 21 heavy (non-hydrogen) atoms. The van der Waals surface area contributed by atoms with Gasteiger partial charge in [0.05, 0.1) is 18.7 Å². The molecule has 1 aromatic heterocycles. The highest BCUT2D eigenvalue weighted by Gasteiger charge is 2.31. The number of aliphatic carboxylic acids is 1. The highest BCUT2D eigenvalue weighted by atomic mass is 16.5. The van der Waals surface area contributed by atoms with Gasteiger partial charge in [-0.15, -0.1) is 0 Å². The van der Waals surface area contributed by atoms with Crippen molar-refractivity contribution in [1.82, 2.24) is 10.5 Å². The van der Waals surface area contributed by atoms with Gasteiger partial charge in [0, 0.05) is 18.1 Å². The largest absolute Gasteiger partial charge is 0.480 e. The molecule has 0 radical (unpaired) electrons. The van der Waals surface area contributed by atoms with Gasteiger partial charge in [-0.05, 0) is 26.7 Å². The van der Waals surface area contributed by atoms with Crippen LogP contribution in [0.4, 0.5) is 0 Å². The number of hydrogen-bond acceptors (Lipinski definition) is 5. The fourth-order valence-corrected chi connectivity index (χ4v) is 2.55. The molecule has 0 aromatic carbocycles. The lowest BCUT2D eigenvalue weighted by molar-refractivity contribution is -0.145. The number of rotatable bonds is 5. The SMILES string of the molecule is Cc1noc(C)c1CC(=O)NC(C(=O)O)C1CCCOC1. The van der Waals surface area contributed by atoms with Crippen LogP contribution in [0.3, 0.4) is 0 Å². The van der Waals surface area contributed by atoms with Gasteiger partial charge in [0.15, 0.2) is 0 Å².